The molecule has 7 nitrogen and oxygen atoms in total. The number of carbonyl (C=O) groups is 1. The molecule has 2 rings (SSSR count). The van der Waals surface area contributed by atoms with Crippen LogP contribution in [0.5, 0.6) is 5.88 Å². The fourth-order valence-electron chi connectivity index (χ4n) is 1.96. The molecule has 24 heavy (non-hydrogen) atoms. The largest absolute Gasteiger partial charge is 0.477 e. The first-order valence-electron chi connectivity index (χ1n) is 7.31. The van der Waals surface area contributed by atoms with Crippen molar-refractivity contribution in [3.05, 3.63) is 61.3 Å². The Hall–Kier alpha value is -2.23. The third kappa shape index (κ3) is 4.63. The molecule has 1 heterocycles. The molecule has 0 aliphatic rings. The van der Waals surface area contributed by atoms with E-state index in [2.05, 4.69) is 10.3 Å². The molecule has 1 N–H and O–H groups in total. The first-order valence-corrected chi connectivity index (χ1v) is 8.39. The van der Waals surface area contributed by atoms with E-state index in [1.165, 1.54) is 18.2 Å². The van der Waals surface area contributed by atoms with Crippen LogP contribution in [0.2, 0.25) is 0 Å². The molecule has 0 spiro atoms. The average molecular weight is 441 g/mol. The Morgan fingerprint density at radius 1 is 1.42 bits per heavy atom. The predicted molar refractivity (Wildman–Crippen MR) is 97.0 cm³/mol. The lowest BCUT2D eigenvalue weighted by Crippen LogP contribution is -2.24. The monoisotopic (exact) mass is 441 g/mol. The second-order valence-corrected chi connectivity index (χ2v) is 6.08. The molecule has 0 saturated heterocycles. The smallest absolute Gasteiger partial charge is 0.270 e. The highest BCUT2D eigenvalue weighted by atomic mass is 127. The minimum atomic E-state index is -0.489. The Morgan fingerprint density at radius 3 is 2.88 bits per heavy atom. The Bertz CT molecular complexity index is 752. The summed E-state index contributed by atoms with van der Waals surface area (Å²) in [6.45, 7) is 2.82. The zero-order valence-electron chi connectivity index (χ0n) is 13.0. The van der Waals surface area contributed by atoms with Crippen LogP contribution in [0.25, 0.3) is 0 Å². The maximum atomic E-state index is 12.3. The zero-order chi connectivity index (χ0) is 17.5. The maximum absolute atomic E-state index is 12.3. The molecular formula is C16H16IN3O4. The minimum absolute atomic E-state index is 0.0431. The third-order valence-electron chi connectivity index (χ3n) is 3.14. The molecule has 1 aromatic carbocycles. The highest BCUT2D eigenvalue weighted by Crippen LogP contribution is 2.20. The molecule has 1 amide bonds. The van der Waals surface area contributed by atoms with Crippen molar-refractivity contribution in [3.63, 3.8) is 0 Å². The van der Waals surface area contributed by atoms with Gasteiger partial charge < -0.3 is 10.1 Å². The van der Waals surface area contributed by atoms with Crippen LogP contribution >= 0.6 is 22.6 Å². The van der Waals surface area contributed by atoms with Gasteiger partial charge in [0.25, 0.3) is 11.6 Å². The van der Waals surface area contributed by atoms with E-state index in [1.54, 1.807) is 12.3 Å². The Morgan fingerprint density at radius 2 is 2.21 bits per heavy atom. The van der Waals surface area contributed by atoms with Gasteiger partial charge in [0.2, 0.25) is 5.88 Å². The number of non-ortho nitro benzene ring substituents is 1. The number of aromatic nitrogens is 1. The van der Waals surface area contributed by atoms with Crippen LogP contribution in [-0.2, 0) is 6.54 Å². The van der Waals surface area contributed by atoms with Gasteiger partial charge in [0.05, 0.1) is 17.1 Å². The molecule has 2 aromatic rings. The zero-order valence-corrected chi connectivity index (χ0v) is 15.1. The van der Waals surface area contributed by atoms with Crippen LogP contribution in [0.3, 0.4) is 0 Å². The molecule has 8 heteroatoms. The molecule has 126 valence electrons. The lowest BCUT2D eigenvalue weighted by Gasteiger charge is -2.11. The Labute approximate surface area is 152 Å². The number of ether oxygens (including phenoxy) is 1. The van der Waals surface area contributed by atoms with Crippen molar-refractivity contribution < 1.29 is 14.5 Å². The lowest BCUT2D eigenvalue weighted by atomic mass is 10.2. The summed E-state index contributed by atoms with van der Waals surface area (Å²) in [6.07, 6.45) is 2.50. The number of halogens is 1. The summed E-state index contributed by atoms with van der Waals surface area (Å²) < 4.78 is 6.07. The number of pyridine rings is 1. The normalized spacial score (nSPS) is 10.2. The number of nitrogens with one attached hydrogen (secondary N) is 1. The first-order chi connectivity index (χ1) is 11.5. The number of nitro groups is 1. The number of carbonyl (C=O) groups excluding carboxylic acids is 1. The molecule has 1 aromatic heterocycles. The minimum Gasteiger partial charge on any atom is -0.477 e. The van der Waals surface area contributed by atoms with Gasteiger partial charge in [0.15, 0.2) is 0 Å². The van der Waals surface area contributed by atoms with E-state index in [-0.39, 0.29) is 18.1 Å². The number of rotatable bonds is 7. The van der Waals surface area contributed by atoms with Crippen molar-refractivity contribution in [2.75, 3.05) is 6.61 Å². The molecule has 0 radical (unpaired) electrons. The summed E-state index contributed by atoms with van der Waals surface area (Å²) in [5, 5.41) is 13.5. The molecule has 0 saturated carbocycles. The molecule has 0 aliphatic heterocycles. The van der Waals surface area contributed by atoms with Crippen molar-refractivity contribution in [3.8, 4) is 5.88 Å². The van der Waals surface area contributed by atoms with Crippen LogP contribution in [-0.4, -0.2) is 22.4 Å². The highest BCUT2D eigenvalue weighted by Gasteiger charge is 2.15. The van der Waals surface area contributed by atoms with E-state index in [0.717, 1.165) is 12.0 Å². The van der Waals surface area contributed by atoms with Gasteiger partial charge in [-0.05, 0) is 41.1 Å². The van der Waals surface area contributed by atoms with Crippen LogP contribution in [0.1, 0.15) is 29.3 Å². The van der Waals surface area contributed by atoms with Gasteiger partial charge in [-0.2, -0.15) is 0 Å². The highest BCUT2D eigenvalue weighted by molar-refractivity contribution is 14.1. The van der Waals surface area contributed by atoms with Crippen LogP contribution in [0.4, 0.5) is 5.69 Å². The molecule has 0 unspecified atom stereocenters. The van der Waals surface area contributed by atoms with E-state index in [0.29, 0.717) is 21.6 Å². The van der Waals surface area contributed by atoms with Gasteiger partial charge >= 0.3 is 0 Å². The van der Waals surface area contributed by atoms with Crippen molar-refractivity contribution in [1.82, 2.24) is 10.3 Å². The Balaban J connectivity index is 2.07. The van der Waals surface area contributed by atoms with Crippen LogP contribution < -0.4 is 10.1 Å². The number of amides is 1. The summed E-state index contributed by atoms with van der Waals surface area (Å²) in [7, 11) is 0. The van der Waals surface area contributed by atoms with E-state index >= 15 is 0 Å². The van der Waals surface area contributed by atoms with E-state index < -0.39 is 4.92 Å². The van der Waals surface area contributed by atoms with Crippen molar-refractivity contribution in [1.29, 1.82) is 0 Å². The van der Waals surface area contributed by atoms with Crippen molar-refractivity contribution in [2.45, 2.75) is 19.9 Å². The molecule has 0 aliphatic carbocycles. The number of benzene rings is 1. The Kier molecular flexibility index (Phi) is 6.47. The lowest BCUT2D eigenvalue weighted by molar-refractivity contribution is -0.384. The fraction of sp³-hybridized carbons (Fsp3) is 0.250. The quantitative estimate of drug-likeness (QED) is 0.404. The predicted octanol–water partition coefficient (Wildman–Crippen LogP) is 3.31. The molecule has 0 atom stereocenters. The fourth-order valence-corrected chi connectivity index (χ4v) is 2.70. The topological polar surface area (TPSA) is 94.4 Å². The van der Waals surface area contributed by atoms with Gasteiger partial charge in [-0.15, -0.1) is 0 Å². The molecule has 0 fully saturated rings. The maximum Gasteiger partial charge on any atom is 0.270 e. The van der Waals surface area contributed by atoms with E-state index in [4.69, 9.17) is 4.74 Å². The summed E-state index contributed by atoms with van der Waals surface area (Å²) in [5.41, 5.74) is 1.12. The van der Waals surface area contributed by atoms with Gasteiger partial charge in [-0.1, -0.05) is 13.0 Å². The SMILES string of the molecule is CCCOc1ncccc1CNC(=O)c1ccc([N+](=O)[O-])cc1I. The van der Waals surface area contributed by atoms with E-state index in [9.17, 15) is 14.9 Å². The molecule has 0 bridgehead atoms. The molecular weight excluding hydrogens is 425 g/mol. The second-order valence-electron chi connectivity index (χ2n) is 4.92. The van der Waals surface area contributed by atoms with Gasteiger partial charge in [-0.3, -0.25) is 14.9 Å². The van der Waals surface area contributed by atoms with Crippen molar-refractivity contribution >= 4 is 34.2 Å². The van der Waals surface area contributed by atoms with Gasteiger partial charge in [-0.25, -0.2) is 4.98 Å². The first kappa shape index (κ1) is 18.1. The summed E-state index contributed by atoms with van der Waals surface area (Å²) in [4.78, 5) is 26.7. The average Bonchev–Trinajstić information content (AvgIpc) is 2.58. The summed E-state index contributed by atoms with van der Waals surface area (Å²) >= 11 is 1.91. The second kappa shape index (κ2) is 8.57. The van der Waals surface area contributed by atoms with Crippen LogP contribution in [0, 0.1) is 13.7 Å². The number of nitro benzene ring substituents is 1. The summed E-state index contributed by atoms with van der Waals surface area (Å²) in [6, 6.07) is 7.74. The number of nitrogens with zero attached hydrogens (tertiary/aromatic N) is 2. The van der Waals surface area contributed by atoms with Crippen molar-refractivity contribution in [2.24, 2.45) is 0 Å². The number of hydrogen-bond acceptors (Lipinski definition) is 5. The third-order valence-corrected chi connectivity index (χ3v) is 4.03. The van der Waals surface area contributed by atoms with Crippen LogP contribution in [0.15, 0.2) is 36.5 Å². The van der Waals surface area contributed by atoms with Gasteiger partial charge in [0.1, 0.15) is 0 Å². The van der Waals surface area contributed by atoms with Gasteiger partial charge in [0, 0.05) is 34.0 Å². The summed E-state index contributed by atoms with van der Waals surface area (Å²) in [5.74, 6) is 0.192. The number of hydrogen-bond donors (Lipinski definition) is 1. The standard InChI is InChI=1S/C16H16IN3O4/c1-2-8-24-16-11(4-3-7-18-16)10-19-15(21)13-6-5-12(20(22)23)9-14(13)17/h3-7,9H,2,8,10H2,1H3,(H,19,21). The van der Waals surface area contributed by atoms with E-state index in [1.807, 2.05) is 35.6 Å².